The van der Waals surface area contributed by atoms with Gasteiger partial charge in [0, 0.05) is 0 Å². The Labute approximate surface area is 131 Å². The number of alkyl carbamates (subject to hydrolysis) is 1. The van der Waals surface area contributed by atoms with Crippen LogP contribution in [0.1, 0.15) is 33.3 Å². The second kappa shape index (κ2) is 7.11. The maximum absolute atomic E-state index is 12.0. The smallest absolute Gasteiger partial charge is 0.407 e. The maximum Gasteiger partial charge on any atom is 0.407 e. The molecule has 0 aliphatic carbocycles. The molecule has 22 heavy (non-hydrogen) atoms. The van der Waals surface area contributed by atoms with Crippen LogP contribution in [0.4, 0.5) is 4.79 Å². The van der Waals surface area contributed by atoms with E-state index < -0.39 is 27.9 Å². The normalized spacial score (nSPS) is 13.5. The van der Waals surface area contributed by atoms with Gasteiger partial charge in [-0.25, -0.2) is 4.79 Å². The fourth-order valence-corrected chi connectivity index (χ4v) is 2.50. The van der Waals surface area contributed by atoms with Gasteiger partial charge < -0.3 is 10.1 Å². The minimum Gasteiger partial charge on any atom is -0.444 e. The highest BCUT2D eigenvalue weighted by molar-refractivity contribution is 7.86. The number of carbonyl (C=O) groups excluding carboxylic acids is 1. The first kappa shape index (κ1) is 18.4. The van der Waals surface area contributed by atoms with Crippen LogP contribution in [-0.4, -0.2) is 32.8 Å². The monoisotopic (exact) mass is 329 g/mol. The summed E-state index contributed by atoms with van der Waals surface area (Å²) in [6.45, 7) is 8.56. The van der Waals surface area contributed by atoms with E-state index in [1.165, 1.54) is 12.1 Å². The molecule has 0 bridgehead atoms. The van der Waals surface area contributed by atoms with Crippen molar-refractivity contribution in [2.24, 2.45) is 0 Å². The van der Waals surface area contributed by atoms with Gasteiger partial charge in [-0.15, -0.1) is 0 Å². The van der Waals surface area contributed by atoms with Gasteiger partial charge >= 0.3 is 6.09 Å². The molecule has 0 heterocycles. The topological polar surface area (TPSA) is 81.7 Å². The summed E-state index contributed by atoms with van der Waals surface area (Å²) < 4.78 is 34.0. The van der Waals surface area contributed by atoms with Crippen molar-refractivity contribution in [1.82, 2.24) is 5.32 Å². The Bertz CT molecular complexity index is 602. The zero-order valence-corrected chi connectivity index (χ0v) is 14.4. The molecule has 1 atom stereocenters. The van der Waals surface area contributed by atoms with E-state index in [0.717, 1.165) is 5.56 Å². The van der Waals surface area contributed by atoms with E-state index in [9.17, 15) is 13.2 Å². The molecule has 7 heteroatoms. The number of ether oxygens (including phenoxy) is 1. The summed E-state index contributed by atoms with van der Waals surface area (Å²) in [7, 11) is -3.84. The van der Waals surface area contributed by atoms with E-state index in [0.29, 0.717) is 0 Å². The van der Waals surface area contributed by atoms with Crippen LogP contribution in [-0.2, 0) is 19.0 Å². The molecule has 1 aromatic carbocycles. The Kier molecular flexibility index (Phi) is 5.96. The summed E-state index contributed by atoms with van der Waals surface area (Å²) in [6, 6.07) is 5.85. The van der Waals surface area contributed by atoms with E-state index in [1.54, 1.807) is 39.8 Å². The van der Waals surface area contributed by atoms with Crippen molar-refractivity contribution in [2.45, 2.75) is 51.2 Å². The van der Waals surface area contributed by atoms with Gasteiger partial charge in [0.15, 0.2) is 0 Å². The van der Waals surface area contributed by atoms with Crippen LogP contribution in [0.25, 0.3) is 0 Å². The fourth-order valence-electron chi connectivity index (χ4n) is 1.52. The number of nitrogens with one attached hydrogen (secondary N) is 1. The minimum atomic E-state index is -3.84. The standard InChI is InChI=1S/C15H23NO5S/c1-11-6-8-13(9-7-11)22(18,19)20-10-12(2)16-14(17)21-15(3,4)5/h6-9,12H,10H2,1-5H3,(H,16,17)/t12-/m1/s1. The summed E-state index contributed by atoms with van der Waals surface area (Å²) >= 11 is 0. The molecule has 0 aliphatic rings. The fraction of sp³-hybridized carbons (Fsp3) is 0.533. The van der Waals surface area contributed by atoms with Crippen LogP contribution in [0, 0.1) is 6.92 Å². The quantitative estimate of drug-likeness (QED) is 0.840. The van der Waals surface area contributed by atoms with Crippen LogP contribution < -0.4 is 5.32 Å². The highest BCUT2D eigenvalue weighted by Crippen LogP contribution is 2.13. The van der Waals surface area contributed by atoms with Gasteiger partial charge in [-0.3, -0.25) is 4.18 Å². The van der Waals surface area contributed by atoms with Crippen LogP contribution in [0.15, 0.2) is 29.2 Å². The lowest BCUT2D eigenvalue weighted by Gasteiger charge is -2.21. The Balaban J connectivity index is 2.54. The lowest BCUT2D eigenvalue weighted by molar-refractivity contribution is 0.0494. The van der Waals surface area contributed by atoms with Gasteiger partial charge in [0.2, 0.25) is 0 Å². The molecule has 0 saturated carbocycles. The molecule has 1 N–H and O–H groups in total. The van der Waals surface area contributed by atoms with E-state index in [1.807, 2.05) is 6.92 Å². The van der Waals surface area contributed by atoms with Crippen molar-refractivity contribution < 1.29 is 22.1 Å². The van der Waals surface area contributed by atoms with E-state index in [2.05, 4.69) is 5.32 Å². The largest absolute Gasteiger partial charge is 0.444 e. The lowest BCUT2D eigenvalue weighted by Crippen LogP contribution is -2.40. The summed E-state index contributed by atoms with van der Waals surface area (Å²) in [6.07, 6.45) is -0.615. The van der Waals surface area contributed by atoms with Gasteiger partial charge in [-0.05, 0) is 46.8 Å². The first-order chi connectivity index (χ1) is 9.99. The first-order valence-corrected chi connectivity index (χ1v) is 8.36. The third-order valence-corrected chi connectivity index (χ3v) is 3.84. The van der Waals surface area contributed by atoms with Gasteiger partial charge in [0.05, 0.1) is 17.5 Å². The molecule has 0 aliphatic heterocycles. The van der Waals surface area contributed by atoms with Crippen LogP contribution in [0.5, 0.6) is 0 Å². The number of carbonyl (C=O) groups is 1. The summed E-state index contributed by atoms with van der Waals surface area (Å²) in [5.41, 5.74) is 0.345. The van der Waals surface area contributed by atoms with E-state index in [4.69, 9.17) is 8.92 Å². The van der Waals surface area contributed by atoms with Gasteiger partial charge in [0.1, 0.15) is 5.60 Å². The number of amides is 1. The average molecular weight is 329 g/mol. The molecule has 0 radical (unpaired) electrons. The average Bonchev–Trinajstić information content (AvgIpc) is 2.34. The molecule has 1 aromatic rings. The van der Waals surface area contributed by atoms with Crippen molar-refractivity contribution in [3.8, 4) is 0 Å². The minimum absolute atomic E-state index is 0.0857. The van der Waals surface area contributed by atoms with Crippen LogP contribution in [0.2, 0.25) is 0 Å². The highest BCUT2D eigenvalue weighted by Gasteiger charge is 2.20. The molecular weight excluding hydrogens is 306 g/mol. The predicted molar refractivity (Wildman–Crippen MR) is 83.1 cm³/mol. The molecule has 6 nitrogen and oxygen atoms in total. The maximum atomic E-state index is 12.0. The van der Waals surface area contributed by atoms with Crippen molar-refractivity contribution in [1.29, 1.82) is 0 Å². The molecule has 124 valence electrons. The van der Waals surface area contributed by atoms with Crippen molar-refractivity contribution in [3.05, 3.63) is 29.8 Å². The molecular formula is C15H23NO5S. The summed E-state index contributed by atoms with van der Waals surface area (Å²) in [4.78, 5) is 11.6. The van der Waals surface area contributed by atoms with Gasteiger partial charge in [-0.1, -0.05) is 17.7 Å². The molecule has 0 aromatic heterocycles. The van der Waals surface area contributed by atoms with Crippen molar-refractivity contribution in [2.75, 3.05) is 6.61 Å². The molecule has 0 unspecified atom stereocenters. The Morgan fingerprint density at radius 2 is 1.77 bits per heavy atom. The molecule has 0 fully saturated rings. The highest BCUT2D eigenvalue weighted by atomic mass is 32.2. The Morgan fingerprint density at radius 3 is 2.27 bits per heavy atom. The van der Waals surface area contributed by atoms with Gasteiger partial charge in [-0.2, -0.15) is 8.42 Å². The number of hydrogen-bond donors (Lipinski definition) is 1. The van der Waals surface area contributed by atoms with E-state index in [-0.39, 0.29) is 11.5 Å². The second-order valence-electron chi connectivity index (χ2n) is 6.10. The number of hydrogen-bond acceptors (Lipinski definition) is 5. The molecule has 1 rings (SSSR count). The lowest BCUT2D eigenvalue weighted by atomic mass is 10.2. The number of rotatable bonds is 5. The SMILES string of the molecule is Cc1ccc(S(=O)(=O)OC[C@@H](C)NC(=O)OC(C)(C)C)cc1. The third-order valence-electron chi connectivity index (χ3n) is 2.55. The van der Waals surface area contributed by atoms with Crippen molar-refractivity contribution >= 4 is 16.2 Å². The number of aryl methyl sites for hydroxylation is 1. The molecule has 0 spiro atoms. The van der Waals surface area contributed by atoms with Crippen LogP contribution >= 0.6 is 0 Å². The first-order valence-electron chi connectivity index (χ1n) is 6.95. The molecule has 1 amide bonds. The zero-order valence-electron chi connectivity index (χ0n) is 13.5. The van der Waals surface area contributed by atoms with Crippen molar-refractivity contribution in [3.63, 3.8) is 0 Å². The Hall–Kier alpha value is -1.60. The van der Waals surface area contributed by atoms with Gasteiger partial charge in [0.25, 0.3) is 10.1 Å². The summed E-state index contributed by atoms with van der Waals surface area (Å²) in [5.74, 6) is 0. The Morgan fingerprint density at radius 1 is 1.23 bits per heavy atom. The third kappa shape index (κ3) is 6.44. The summed E-state index contributed by atoms with van der Waals surface area (Å²) in [5, 5.41) is 2.52. The predicted octanol–water partition coefficient (Wildman–Crippen LogP) is 2.61. The number of benzene rings is 1. The molecule has 0 saturated heterocycles. The second-order valence-corrected chi connectivity index (χ2v) is 7.71. The van der Waals surface area contributed by atoms with Crippen LogP contribution in [0.3, 0.4) is 0 Å². The van der Waals surface area contributed by atoms with E-state index >= 15 is 0 Å². The zero-order chi connectivity index (χ0) is 17.0.